The molecular weight excluding hydrogens is 520 g/mol. The number of benzene rings is 3. The average molecular weight is 548 g/mol. The van der Waals surface area contributed by atoms with Crippen LogP contribution in [0.4, 0.5) is 0 Å². The topological polar surface area (TPSA) is 66.5 Å². The number of nitrogens with zero attached hydrogens (tertiary/aromatic N) is 1. The van der Waals surface area contributed by atoms with E-state index in [1.54, 1.807) is 36.0 Å². The monoisotopic (exact) mass is 546 g/mol. The number of hydrogen-bond acceptors (Lipinski definition) is 4. The number of amides is 1. The molecule has 0 saturated heterocycles. The van der Waals surface area contributed by atoms with Gasteiger partial charge < -0.3 is 5.32 Å². The minimum absolute atomic E-state index is 0.160. The summed E-state index contributed by atoms with van der Waals surface area (Å²) in [5, 5.41) is 2.94. The molecule has 33 heavy (non-hydrogen) atoms. The molecule has 0 radical (unpaired) electrons. The zero-order chi connectivity index (χ0) is 23.8. The number of thioether (sulfide) groups is 1. The summed E-state index contributed by atoms with van der Waals surface area (Å²) in [6.45, 7) is 1.84. The van der Waals surface area contributed by atoms with Crippen LogP contribution in [0.3, 0.4) is 0 Å². The quantitative estimate of drug-likeness (QED) is 0.351. The van der Waals surface area contributed by atoms with Crippen LogP contribution < -0.4 is 5.32 Å². The number of rotatable bonds is 10. The summed E-state index contributed by atoms with van der Waals surface area (Å²) >= 11 is 4.99. The first-order valence-corrected chi connectivity index (χ1v) is 14.0. The molecule has 8 heteroatoms. The molecule has 3 aromatic rings. The van der Waals surface area contributed by atoms with E-state index >= 15 is 0 Å². The third-order valence-corrected chi connectivity index (χ3v) is 8.39. The number of carbonyl (C=O) groups is 1. The first-order chi connectivity index (χ1) is 15.8. The zero-order valence-corrected chi connectivity index (χ0v) is 21.8. The normalized spacial score (nSPS) is 12.5. The molecule has 0 aromatic heterocycles. The lowest BCUT2D eigenvalue weighted by molar-refractivity contribution is -0.121. The third kappa shape index (κ3) is 7.17. The van der Waals surface area contributed by atoms with Crippen LogP contribution >= 0.6 is 27.7 Å². The average Bonchev–Trinajstić information content (AvgIpc) is 2.82. The van der Waals surface area contributed by atoms with Crippen molar-refractivity contribution >= 4 is 43.6 Å². The summed E-state index contributed by atoms with van der Waals surface area (Å²) in [6.07, 6.45) is 2.52. The Morgan fingerprint density at radius 3 is 2.24 bits per heavy atom. The van der Waals surface area contributed by atoms with Gasteiger partial charge in [-0.2, -0.15) is 4.31 Å². The maximum absolute atomic E-state index is 13.4. The predicted octanol–water partition coefficient (Wildman–Crippen LogP) is 5.28. The van der Waals surface area contributed by atoms with Gasteiger partial charge in [0.2, 0.25) is 15.9 Å². The van der Waals surface area contributed by atoms with Crippen LogP contribution in [-0.2, 0) is 21.2 Å². The fourth-order valence-electron chi connectivity index (χ4n) is 3.36. The second kappa shape index (κ2) is 11.8. The van der Waals surface area contributed by atoms with E-state index in [0.717, 1.165) is 20.5 Å². The SMILES string of the molecule is CSc1ccc([C@@H](C)NC(=O)CN(CCc2ccccc2)S(=O)(=O)c2ccc(Br)cc2)cc1. The van der Waals surface area contributed by atoms with Crippen molar-refractivity contribution in [2.75, 3.05) is 19.3 Å². The Bertz CT molecular complexity index is 1150. The van der Waals surface area contributed by atoms with Crippen LogP contribution in [-0.4, -0.2) is 38.0 Å². The minimum atomic E-state index is -3.84. The Kier molecular flexibility index (Phi) is 9.14. The van der Waals surface area contributed by atoms with Crippen molar-refractivity contribution in [2.24, 2.45) is 0 Å². The summed E-state index contributed by atoms with van der Waals surface area (Å²) in [4.78, 5) is 14.2. The first kappa shape index (κ1) is 25.5. The maximum atomic E-state index is 13.4. The largest absolute Gasteiger partial charge is 0.348 e. The number of halogens is 1. The van der Waals surface area contributed by atoms with Gasteiger partial charge >= 0.3 is 0 Å². The molecule has 0 unspecified atom stereocenters. The van der Waals surface area contributed by atoms with Crippen LogP contribution in [0.15, 0.2) is 93.1 Å². The van der Waals surface area contributed by atoms with E-state index in [4.69, 9.17) is 0 Å². The molecule has 0 fully saturated rings. The van der Waals surface area contributed by atoms with Crippen LogP contribution in [0.1, 0.15) is 24.1 Å². The van der Waals surface area contributed by atoms with E-state index in [-0.39, 0.29) is 29.9 Å². The van der Waals surface area contributed by atoms with E-state index in [9.17, 15) is 13.2 Å². The molecule has 5 nitrogen and oxygen atoms in total. The Balaban J connectivity index is 1.75. The minimum Gasteiger partial charge on any atom is -0.348 e. The lowest BCUT2D eigenvalue weighted by Crippen LogP contribution is -2.42. The van der Waals surface area contributed by atoms with Gasteiger partial charge in [0, 0.05) is 15.9 Å². The van der Waals surface area contributed by atoms with Crippen molar-refractivity contribution in [1.29, 1.82) is 0 Å². The van der Waals surface area contributed by atoms with Gasteiger partial charge in [-0.05, 0) is 67.1 Å². The highest BCUT2D eigenvalue weighted by Gasteiger charge is 2.27. The highest BCUT2D eigenvalue weighted by Crippen LogP contribution is 2.21. The van der Waals surface area contributed by atoms with Crippen molar-refractivity contribution in [3.05, 3.63) is 94.5 Å². The molecule has 1 atom stereocenters. The van der Waals surface area contributed by atoms with Gasteiger partial charge in [0.15, 0.2) is 0 Å². The van der Waals surface area contributed by atoms with Crippen molar-refractivity contribution in [2.45, 2.75) is 29.2 Å². The van der Waals surface area contributed by atoms with Gasteiger partial charge in [0.25, 0.3) is 0 Å². The number of hydrogen-bond donors (Lipinski definition) is 1. The molecule has 0 aliphatic carbocycles. The van der Waals surface area contributed by atoms with E-state index in [1.165, 1.54) is 4.31 Å². The molecule has 174 valence electrons. The maximum Gasteiger partial charge on any atom is 0.243 e. The fraction of sp³-hybridized carbons (Fsp3) is 0.240. The van der Waals surface area contributed by atoms with E-state index in [0.29, 0.717) is 6.42 Å². The van der Waals surface area contributed by atoms with Crippen LogP contribution in [0.5, 0.6) is 0 Å². The Morgan fingerprint density at radius 2 is 1.64 bits per heavy atom. The van der Waals surface area contributed by atoms with Gasteiger partial charge in [-0.1, -0.05) is 58.4 Å². The van der Waals surface area contributed by atoms with Gasteiger partial charge in [-0.3, -0.25) is 4.79 Å². The van der Waals surface area contributed by atoms with Crippen molar-refractivity contribution in [1.82, 2.24) is 9.62 Å². The lowest BCUT2D eigenvalue weighted by Gasteiger charge is -2.23. The standard InChI is InChI=1S/C25H27BrN2O3S2/c1-19(21-8-12-23(32-2)13-9-21)27-25(29)18-28(17-16-20-6-4-3-5-7-20)33(30,31)24-14-10-22(26)11-15-24/h3-15,19H,16-18H2,1-2H3,(H,27,29)/t19-/m1/s1. The summed E-state index contributed by atoms with van der Waals surface area (Å²) in [6, 6.07) is 23.8. The van der Waals surface area contributed by atoms with Crippen molar-refractivity contribution in [3.63, 3.8) is 0 Å². The highest BCUT2D eigenvalue weighted by molar-refractivity contribution is 9.10. The molecular formula is C25H27BrN2O3S2. The molecule has 0 heterocycles. The third-order valence-electron chi connectivity index (χ3n) is 5.26. The van der Waals surface area contributed by atoms with Crippen LogP contribution in [0, 0.1) is 0 Å². The van der Waals surface area contributed by atoms with Crippen molar-refractivity contribution in [3.8, 4) is 0 Å². The lowest BCUT2D eigenvalue weighted by atomic mass is 10.1. The number of sulfonamides is 1. The molecule has 1 amide bonds. The summed E-state index contributed by atoms with van der Waals surface area (Å²) < 4.78 is 28.8. The Morgan fingerprint density at radius 1 is 1.00 bits per heavy atom. The Labute approximate surface area is 208 Å². The fourth-order valence-corrected chi connectivity index (χ4v) is 5.43. The smallest absolute Gasteiger partial charge is 0.243 e. The molecule has 1 N–H and O–H groups in total. The summed E-state index contributed by atoms with van der Waals surface area (Å²) in [5.74, 6) is -0.342. The number of carbonyl (C=O) groups excluding carboxylic acids is 1. The van der Waals surface area contributed by atoms with Gasteiger partial charge in [-0.25, -0.2) is 8.42 Å². The van der Waals surface area contributed by atoms with Gasteiger partial charge in [0.05, 0.1) is 17.5 Å². The molecule has 3 aromatic carbocycles. The molecule has 0 aliphatic rings. The van der Waals surface area contributed by atoms with Gasteiger partial charge in [-0.15, -0.1) is 11.8 Å². The zero-order valence-electron chi connectivity index (χ0n) is 18.6. The molecule has 3 rings (SSSR count). The van der Waals surface area contributed by atoms with Crippen LogP contribution in [0.25, 0.3) is 0 Å². The predicted molar refractivity (Wildman–Crippen MR) is 138 cm³/mol. The summed E-state index contributed by atoms with van der Waals surface area (Å²) in [5.41, 5.74) is 1.98. The second-order valence-electron chi connectivity index (χ2n) is 7.59. The van der Waals surface area contributed by atoms with E-state index in [2.05, 4.69) is 21.2 Å². The first-order valence-electron chi connectivity index (χ1n) is 10.5. The van der Waals surface area contributed by atoms with E-state index < -0.39 is 10.0 Å². The highest BCUT2D eigenvalue weighted by atomic mass is 79.9. The molecule has 0 saturated carbocycles. The van der Waals surface area contributed by atoms with Crippen molar-refractivity contribution < 1.29 is 13.2 Å². The van der Waals surface area contributed by atoms with Crippen LogP contribution in [0.2, 0.25) is 0 Å². The molecule has 0 bridgehead atoms. The Hall–Kier alpha value is -2.13. The molecule has 0 aliphatic heterocycles. The molecule has 0 spiro atoms. The van der Waals surface area contributed by atoms with Gasteiger partial charge in [0.1, 0.15) is 0 Å². The summed E-state index contributed by atoms with van der Waals surface area (Å²) in [7, 11) is -3.84. The number of nitrogens with one attached hydrogen (secondary N) is 1. The van der Waals surface area contributed by atoms with E-state index in [1.807, 2.05) is 67.8 Å². The second-order valence-corrected chi connectivity index (χ2v) is 11.3.